The van der Waals surface area contributed by atoms with Gasteiger partial charge in [-0.2, -0.15) is 4.31 Å². The summed E-state index contributed by atoms with van der Waals surface area (Å²) in [6.45, 7) is 3.32. The largest absolute Gasteiger partial charge is 0.492 e. The molecule has 1 fully saturated rings. The Morgan fingerprint density at radius 2 is 1.83 bits per heavy atom. The Labute approximate surface area is 172 Å². The molecule has 1 aliphatic rings. The molecule has 2 aromatic rings. The van der Waals surface area contributed by atoms with E-state index in [4.69, 9.17) is 4.74 Å². The first-order valence-corrected chi connectivity index (χ1v) is 11.2. The number of nitrogens with zero attached hydrogens (tertiary/aromatic N) is 2. The zero-order valence-electron chi connectivity index (χ0n) is 16.8. The molecule has 2 aromatic carbocycles. The van der Waals surface area contributed by atoms with Gasteiger partial charge in [-0.15, -0.1) is 0 Å². The maximum absolute atomic E-state index is 13.1. The number of carbonyl (C=O) groups excluding carboxylic acids is 1. The van der Waals surface area contributed by atoms with Gasteiger partial charge in [0.25, 0.3) is 0 Å². The van der Waals surface area contributed by atoms with Crippen LogP contribution in [-0.4, -0.2) is 51.9 Å². The van der Waals surface area contributed by atoms with E-state index < -0.39 is 10.0 Å². The molecular formula is C21H27N3O4S. The van der Waals surface area contributed by atoms with Crippen LogP contribution in [0.4, 0.5) is 11.4 Å². The van der Waals surface area contributed by atoms with Crippen molar-refractivity contribution in [1.82, 2.24) is 4.31 Å². The third-order valence-corrected chi connectivity index (χ3v) is 6.71. The maximum atomic E-state index is 13.1. The number of ether oxygens (including phenoxy) is 1. The number of carbonyl (C=O) groups is 1. The second-order valence-electron chi connectivity index (χ2n) is 6.95. The van der Waals surface area contributed by atoms with E-state index in [-0.39, 0.29) is 17.3 Å². The van der Waals surface area contributed by atoms with Crippen LogP contribution in [0.2, 0.25) is 0 Å². The summed E-state index contributed by atoms with van der Waals surface area (Å²) in [4.78, 5) is 14.4. The smallest absolute Gasteiger partial charge is 0.246 e. The monoisotopic (exact) mass is 417 g/mol. The molecule has 156 valence electrons. The fourth-order valence-electron chi connectivity index (χ4n) is 3.32. The highest BCUT2D eigenvalue weighted by Crippen LogP contribution is 2.31. The molecule has 0 radical (unpaired) electrons. The molecule has 1 aliphatic heterocycles. The topological polar surface area (TPSA) is 79.0 Å². The molecule has 3 rings (SSSR count). The third-order valence-electron chi connectivity index (χ3n) is 4.79. The Morgan fingerprint density at radius 3 is 2.48 bits per heavy atom. The summed E-state index contributed by atoms with van der Waals surface area (Å²) in [5.74, 6) is 0.0730. The van der Waals surface area contributed by atoms with Crippen LogP contribution in [0, 0.1) is 0 Å². The lowest BCUT2D eigenvalue weighted by Crippen LogP contribution is -2.30. The average molecular weight is 418 g/mol. The number of hydrogen-bond donors (Lipinski definition) is 1. The lowest BCUT2D eigenvalue weighted by atomic mass is 10.3. The molecule has 0 aromatic heterocycles. The number of amides is 1. The second-order valence-corrected chi connectivity index (χ2v) is 8.85. The number of sulfonamides is 1. The van der Waals surface area contributed by atoms with Gasteiger partial charge < -0.3 is 15.0 Å². The first-order chi connectivity index (χ1) is 13.9. The Morgan fingerprint density at radius 1 is 1.14 bits per heavy atom. The number of benzene rings is 2. The van der Waals surface area contributed by atoms with E-state index >= 15 is 0 Å². The van der Waals surface area contributed by atoms with Crippen molar-refractivity contribution < 1.29 is 17.9 Å². The number of rotatable bonds is 8. The zero-order valence-corrected chi connectivity index (χ0v) is 17.6. The van der Waals surface area contributed by atoms with E-state index in [2.05, 4.69) is 5.32 Å². The quantitative estimate of drug-likeness (QED) is 0.714. The summed E-state index contributed by atoms with van der Waals surface area (Å²) in [6.07, 6.45) is 1.71. The Hall–Kier alpha value is -2.58. The average Bonchev–Trinajstić information content (AvgIpc) is 3.25. The summed E-state index contributed by atoms with van der Waals surface area (Å²) in [5.41, 5.74) is 1.35. The first kappa shape index (κ1) is 21.1. The van der Waals surface area contributed by atoms with E-state index in [1.165, 1.54) is 10.4 Å². The molecule has 29 heavy (non-hydrogen) atoms. The molecule has 8 heteroatoms. The fourth-order valence-corrected chi connectivity index (χ4v) is 4.99. The Balaban J connectivity index is 1.78. The van der Waals surface area contributed by atoms with Crippen molar-refractivity contribution in [2.75, 3.05) is 43.5 Å². The first-order valence-electron chi connectivity index (χ1n) is 9.75. The predicted molar refractivity (Wildman–Crippen MR) is 114 cm³/mol. The number of hydrogen-bond acceptors (Lipinski definition) is 5. The van der Waals surface area contributed by atoms with Gasteiger partial charge in [-0.25, -0.2) is 8.42 Å². The van der Waals surface area contributed by atoms with Gasteiger partial charge in [0, 0.05) is 31.5 Å². The van der Waals surface area contributed by atoms with Crippen LogP contribution in [0.3, 0.4) is 0 Å². The van der Waals surface area contributed by atoms with E-state index in [1.807, 2.05) is 42.3 Å². The second kappa shape index (κ2) is 9.28. The van der Waals surface area contributed by atoms with Gasteiger partial charge in [0.15, 0.2) is 0 Å². The number of anilines is 2. The highest BCUT2D eigenvalue weighted by atomic mass is 32.2. The molecule has 7 nitrogen and oxygen atoms in total. The zero-order chi connectivity index (χ0) is 20.9. The minimum atomic E-state index is -3.67. The van der Waals surface area contributed by atoms with E-state index in [0.717, 1.165) is 18.5 Å². The molecule has 0 atom stereocenters. The molecule has 0 unspecified atom stereocenters. The van der Waals surface area contributed by atoms with Crippen LogP contribution >= 0.6 is 0 Å². The molecule has 1 N–H and O–H groups in total. The van der Waals surface area contributed by atoms with Gasteiger partial charge in [-0.05, 0) is 50.1 Å². The van der Waals surface area contributed by atoms with E-state index in [9.17, 15) is 13.2 Å². The Bertz CT molecular complexity index is 942. The molecule has 0 aliphatic carbocycles. The molecule has 1 amide bonds. The van der Waals surface area contributed by atoms with Gasteiger partial charge in [0.1, 0.15) is 10.6 Å². The van der Waals surface area contributed by atoms with Crippen LogP contribution in [0.15, 0.2) is 53.4 Å². The molecule has 1 saturated heterocycles. The minimum absolute atomic E-state index is 0.0930. The summed E-state index contributed by atoms with van der Waals surface area (Å²) in [7, 11) is -1.84. The van der Waals surface area contributed by atoms with Crippen LogP contribution in [-0.2, 0) is 14.8 Å². The highest BCUT2D eigenvalue weighted by Gasteiger charge is 2.30. The van der Waals surface area contributed by atoms with Gasteiger partial charge >= 0.3 is 0 Å². The summed E-state index contributed by atoms with van der Waals surface area (Å²) < 4.78 is 33.1. The van der Waals surface area contributed by atoms with Crippen LogP contribution in [0.1, 0.15) is 19.8 Å². The number of nitrogens with one attached hydrogen (secondary N) is 1. The van der Waals surface area contributed by atoms with Crippen LogP contribution in [0.5, 0.6) is 5.75 Å². The van der Waals surface area contributed by atoms with Crippen molar-refractivity contribution in [1.29, 1.82) is 0 Å². The highest BCUT2D eigenvalue weighted by molar-refractivity contribution is 7.89. The molecule has 1 heterocycles. The fraction of sp³-hybridized carbons (Fsp3) is 0.381. The predicted octanol–water partition coefficient (Wildman–Crippen LogP) is 2.94. The standard InChI is InChI=1S/C21H27N3O4S/c1-3-28-19-12-11-17(15-20(19)29(26,27)24-13-7-8-14-24)22-21(25)16-23(2)18-9-5-4-6-10-18/h4-6,9-12,15H,3,7-8,13-14,16H2,1-2H3,(H,22,25). The van der Waals surface area contributed by atoms with Crippen molar-refractivity contribution in [2.45, 2.75) is 24.7 Å². The van der Waals surface area contributed by atoms with Crippen molar-refractivity contribution in [3.05, 3.63) is 48.5 Å². The van der Waals surface area contributed by atoms with Gasteiger partial charge in [-0.3, -0.25) is 4.79 Å². The molecule has 0 bridgehead atoms. The van der Waals surface area contributed by atoms with E-state index in [1.54, 1.807) is 19.1 Å². The van der Waals surface area contributed by atoms with Crippen LogP contribution in [0.25, 0.3) is 0 Å². The van der Waals surface area contributed by atoms with Crippen molar-refractivity contribution in [3.8, 4) is 5.75 Å². The third kappa shape index (κ3) is 5.07. The lowest BCUT2D eigenvalue weighted by molar-refractivity contribution is -0.114. The summed E-state index contributed by atoms with van der Waals surface area (Å²) >= 11 is 0. The van der Waals surface area contributed by atoms with Crippen molar-refractivity contribution in [3.63, 3.8) is 0 Å². The molecule has 0 saturated carbocycles. The summed E-state index contributed by atoms with van der Waals surface area (Å²) in [6, 6.07) is 14.3. The lowest BCUT2D eigenvalue weighted by Gasteiger charge is -2.20. The molecular weight excluding hydrogens is 390 g/mol. The van der Waals surface area contributed by atoms with Crippen molar-refractivity contribution in [2.24, 2.45) is 0 Å². The van der Waals surface area contributed by atoms with Crippen molar-refractivity contribution >= 4 is 27.3 Å². The van der Waals surface area contributed by atoms with Crippen LogP contribution < -0.4 is 15.0 Å². The van der Waals surface area contributed by atoms with Gasteiger partial charge in [0.05, 0.1) is 13.2 Å². The summed E-state index contributed by atoms with van der Waals surface area (Å²) in [5, 5.41) is 2.80. The van der Waals surface area contributed by atoms with Gasteiger partial charge in [-0.1, -0.05) is 18.2 Å². The Kier molecular flexibility index (Phi) is 6.76. The number of likely N-dealkylation sites (N-methyl/N-ethyl adjacent to an activating group) is 1. The minimum Gasteiger partial charge on any atom is -0.492 e. The molecule has 0 spiro atoms. The SMILES string of the molecule is CCOc1ccc(NC(=O)CN(C)c2ccccc2)cc1S(=O)(=O)N1CCCC1. The number of para-hydroxylation sites is 1. The maximum Gasteiger partial charge on any atom is 0.246 e. The van der Waals surface area contributed by atoms with Gasteiger partial charge in [0.2, 0.25) is 15.9 Å². The normalized spacial score (nSPS) is 14.6. The van der Waals surface area contributed by atoms with E-state index in [0.29, 0.717) is 31.1 Å².